The molecule has 5 nitrogen and oxygen atoms in total. The zero-order valence-electron chi connectivity index (χ0n) is 28.4. The van der Waals surface area contributed by atoms with E-state index >= 15 is 0 Å². The van der Waals surface area contributed by atoms with Crippen molar-refractivity contribution in [3.8, 4) is 0 Å². The highest BCUT2D eigenvalue weighted by molar-refractivity contribution is 5.90. The van der Waals surface area contributed by atoms with Crippen molar-refractivity contribution in [2.45, 2.75) is 224 Å². The molecule has 2 heterocycles. The molecule has 0 spiro atoms. The van der Waals surface area contributed by atoms with Crippen LogP contribution < -0.4 is 0 Å². The Labute approximate surface area is 266 Å². The van der Waals surface area contributed by atoms with Gasteiger partial charge in [-0.05, 0) is 51.5 Å². The summed E-state index contributed by atoms with van der Waals surface area (Å²) in [5, 5.41) is 21.3. The van der Waals surface area contributed by atoms with Crippen LogP contribution >= 0.6 is 0 Å². The second-order valence-corrected chi connectivity index (χ2v) is 13.8. The predicted molar refractivity (Wildman–Crippen MR) is 179 cm³/mol. The maximum Gasteiger partial charge on any atom is 0.334 e. The highest BCUT2D eigenvalue weighted by Crippen LogP contribution is 2.28. The minimum absolute atomic E-state index is 0.0447. The van der Waals surface area contributed by atoms with Gasteiger partial charge < -0.3 is 19.7 Å². The van der Waals surface area contributed by atoms with Crippen molar-refractivity contribution >= 4 is 5.97 Å². The molecule has 0 amide bonds. The summed E-state index contributed by atoms with van der Waals surface area (Å²) in [4.78, 5) is 11.6. The Balaban J connectivity index is 1.33. The van der Waals surface area contributed by atoms with Crippen molar-refractivity contribution in [1.29, 1.82) is 0 Å². The Kier molecular flexibility index (Phi) is 22.5. The average Bonchev–Trinajstić information content (AvgIpc) is 3.62. The van der Waals surface area contributed by atoms with E-state index in [4.69, 9.17) is 9.47 Å². The number of ether oxygens (including phenoxy) is 2. The van der Waals surface area contributed by atoms with Gasteiger partial charge in [0.2, 0.25) is 0 Å². The first-order valence-corrected chi connectivity index (χ1v) is 18.9. The number of unbranched alkanes of at least 4 members (excludes halogenated alkanes) is 21. The van der Waals surface area contributed by atoms with Crippen molar-refractivity contribution < 1.29 is 24.5 Å². The van der Waals surface area contributed by atoms with E-state index in [0.29, 0.717) is 0 Å². The number of carbonyl (C=O) groups is 1. The predicted octanol–water partition coefficient (Wildman–Crippen LogP) is 10.3. The smallest absolute Gasteiger partial charge is 0.334 e. The maximum absolute atomic E-state index is 11.6. The van der Waals surface area contributed by atoms with Gasteiger partial charge in [-0.3, -0.25) is 0 Å². The molecular weight excluding hydrogens is 536 g/mol. The molecule has 0 saturated carbocycles. The third-order valence-corrected chi connectivity index (χ3v) is 9.73. The van der Waals surface area contributed by atoms with Gasteiger partial charge in [0.15, 0.2) is 0 Å². The van der Waals surface area contributed by atoms with E-state index in [2.05, 4.69) is 6.92 Å². The summed E-state index contributed by atoms with van der Waals surface area (Å²) in [6.07, 6.45) is 34.9. The lowest BCUT2D eigenvalue weighted by Crippen LogP contribution is -2.31. The molecule has 43 heavy (non-hydrogen) atoms. The molecule has 1 unspecified atom stereocenters. The minimum Gasteiger partial charge on any atom is -0.455 e. The summed E-state index contributed by atoms with van der Waals surface area (Å²) in [6.45, 7) is 4.20. The fraction of sp³-hybridized carbons (Fsp3) is 0.921. The first-order chi connectivity index (χ1) is 21.0. The second kappa shape index (κ2) is 25.3. The van der Waals surface area contributed by atoms with Crippen LogP contribution in [0.15, 0.2) is 11.6 Å². The molecule has 2 N–H and O–H groups in total. The van der Waals surface area contributed by atoms with Crippen molar-refractivity contribution in [2.24, 2.45) is 0 Å². The number of rotatable bonds is 29. The van der Waals surface area contributed by atoms with Gasteiger partial charge in [0, 0.05) is 5.57 Å². The van der Waals surface area contributed by atoms with Crippen LogP contribution in [0.25, 0.3) is 0 Å². The standard InChI is InChI=1S/C38H70O5/c1-3-4-5-6-7-8-9-10-11-15-18-21-24-27-34(39)36-29-30-37(43-36)35(40)28-25-22-19-16-13-12-14-17-20-23-26-33-31-32(2)42-38(33)41/h31-32,34-37,39-40H,3-30H2,1-2H3/t32?,34-,35-,36-,37-/m1/s1. The number of hydrogen-bond acceptors (Lipinski definition) is 5. The molecule has 5 atom stereocenters. The average molecular weight is 607 g/mol. The lowest BCUT2D eigenvalue weighted by Gasteiger charge is -2.22. The lowest BCUT2D eigenvalue weighted by atomic mass is 10.00. The number of hydrogen-bond donors (Lipinski definition) is 2. The van der Waals surface area contributed by atoms with Crippen LogP contribution in [0.5, 0.6) is 0 Å². The normalized spacial score (nSPS) is 21.7. The van der Waals surface area contributed by atoms with E-state index in [1.165, 1.54) is 128 Å². The molecule has 0 aliphatic carbocycles. The van der Waals surface area contributed by atoms with Crippen LogP contribution in [-0.4, -0.2) is 46.7 Å². The summed E-state index contributed by atoms with van der Waals surface area (Å²) in [7, 11) is 0. The van der Waals surface area contributed by atoms with Gasteiger partial charge in [0.25, 0.3) is 0 Å². The zero-order chi connectivity index (χ0) is 31.0. The van der Waals surface area contributed by atoms with Crippen molar-refractivity contribution in [2.75, 3.05) is 0 Å². The van der Waals surface area contributed by atoms with E-state index in [1.807, 2.05) is 13.0 Å². The highest BCUT2D eigenvalue weighted by Gasteiger charge is 2.34. The minimum atomic E-state index is -0.390. The third-order valence-electron chi connectivity index (χ3n) is 9.73. The van der Waals surface area contributed by atoms with Gasteiger partial charge in [0.1, 0.15) is 6.10 Å². The summed E-state index contributed by atoms with van der Waals surface area (Å²) in [5.74, 6) is -0.116. The van der Waals surface area contributed by atoms with Crippen molar-refractivity contribution in [3.05, 3.63) is 11.6 Å². The summed E-state index contributed by atoms with van der Waals surface area (Å²) >= 11 is 0. The van der Waals surface area contributed by atoms with Gasteiger partial charge >= 0.3 is 5.97 Å². The molecule has 1 fully saturated rings. The first-order valence-electron chi connectivity index (χ1n) is 18.9. The topological polar surface area (TPSA) is 76.0 Å². The molecule has 0 aromatic rings. The Morgan fingerprint density at radius 1 is 0.628 bits per heavy atom. The van der Waals surface area contributed by atoms with Gasteiger partial charge in [0.05, 0.1) is 24.4 Å². The lowest BCUT2D eigenvalue weighted by molar-refractivity contribution is -0.139. The van der Waals surface area contributed by atoms with Crippen LogP contribution in [0.1, 0.15) is 194 Å². The molecule has 0 aromatic heterocycles. The summed E-state index contributed by atoms with van der Waals surface area (Å²) < 4.78 is 11.3. The van der Waals surface area contributed by atoms with Crippen LogP contribution in [0.2, 0.25) is 0 Å². The van der Waals surface area contributed by atoms with E-state index in [9.17, 15) is 15.0 Å². The molecule has 2 aliphatic heterocycles. The van der Waals surface area contributed by atoms with E-state index < -0.39 is 6.10 Å². The number of esters is 1. The molecule has 2 aliphatic rings. The van der Waals surface area contributed by atoms with Gasteiger partial charge in [-0.1, -0.05) is 148 Å². The summed E-state index contributed by atoms with van der Waals surface area (Å²) in [5.41, 5.74) is 0.870. The quantitative estimate of drug-likeness (QED) is 0.0654. The SMILES string of the molecule is CCCCCCCCCCCCCCC[C@@H](O)[C@H]1CC[C@H]([C@H](O)CCCCCCCCCCCCC2=CC(C)OC2=O)O1. The third kappa shape index (κ3) is 18.6. The monoisotopic (exact) mass is 607 g/mol. The van der Waals surface area contributed by atoms with Gasteiger partial charge in [-0.2, -0.15) is 0 Å². The fourth-order valence-electron chi connectivity index (χ4n) is 6.90. The number of aliphatic hydroxyl groups is 2. The Bertz CT molecular complexity index is 706. The number of aliphatic hydroxyl groups excluding tert-OH is 2. The second-order valence-electron chi connectivity index (χ2n) is 13.8. The highest BCUT2D eigenvalue weighted by atomic mass is 16.5. The molecule has 0 bridgehead atoms. The van der Waals surface area contributed by atoms with E-state index in [0.717, 1.165) is 56.9 Å². The first kappa shape index (κ1) is 38.3. The molecular formula is C38H70O5. The Morgan fingerprint density at radius 3 is 1.37 bits per heavy atom. The Morgan fingerprint density at radius 2 is 1.00 bits per heavy atom. The molecule has 0 radical (unpaired) electrons. The van der Waals surface area contributed by atoms with Crippen molar-refractivity contribution in [3.63, 3.8) is 0 Å². The van der Waals surface area contributed by atoms with Crippen LogP contribution in [0, 0.1) is 0 Å². The molecule has 1 saturated heterocycles. The zero-order valence-corrected chi connectivity index (χ0v) is 28.4. The van der Waals surface area contributed by atoms with Crippen LogP contribution in [0.4, 0.5) is 0 Å². The van der Waals surface area contributed by atoms with Crippen LogP contribution in [-0.2, 0) is 14.3 Å². The summed E-state index contributed by atoms with van der Waals surface area (Å²) in [6, 6.07) is 0. The number of carbonyl (C=O) groups excluding carboxylic acids is 1. The largest absolute Gasteiger partial charge is 0.455 e. The van der Waals surface area contributed by atoms with Crippen molar-refractivity contribution in [1.82, 2.24) is 0 Å². The molecule has 2 rings (SSSR count). The van der Waals surface area contributed by atoms with E-state index in [1.54, 1.807) is 0 Å². The maximum atomic E-state index is 11.6. The number of cyclic esters (lactones) is 1. The van der Waals surface area contributed by atoms with Gasteiger partial charge in [-0.25, -0.2) is 4.79 Å². The molecule has 0 aromatic carbocycles. The van der Waals surface area contributed by atoms with E-state index in [-0.39, 0.29) is 30.4 Å². The molecule has 5 heteroatoms. The fourth-order valence-corrected chi connectivity index (χ4v) is 6.90. The van der Waals surface area contributed by atoms with Gasteiger partial charge in [-0.15, -0.1) is 0 Å². The molecule has 252 valence electrons. The Hall–Kier alpha value is -0.910. The van der Waals surface area contributed by atoms with Crippen LogP contribution in [0.3, 0.4) is 0 Å².